The average molecular weight is 802 g/mol. The highest BCUT2D eigenvalue weighted by molar-refractivity contribution is 6.16. The van der Waals surface area contributed by atoms with Crippen LogP contribution in [-0.2, 0) is 10.8 Å². The zero-order chi connectivity index (χ0) is 43.2. The molecule has 7 aromatic rings. The minimum atomic E-state index is -0.748. The van der Waals surface area contributed by atoms with Crippen LogP contribution in [0.15, 0.2) is 207 Å². The van der Waals surface area contributed by atoms with E-state index in [1.807, 2.05) is 63.3 Å². The third-order valence-electron chi connectivity index (χ3n) is 12.8. The van der Waals surface area contributed by atoms with Crippen molar-refractivity contribution >= 4 is 33.0 Å². The van der Waals surface area contributed by atoms with Gasteiger partial charge in [-0.25, -0.2) is 9.97 Å². The van der Waals surface area contributed by atoms with Crippen molar-refractivity contribution in [2.75, 3.05) is 0 Å². The van der Waals surface area contributed by atoms with Crippen LogP contribution >= 0.6 is 0 Å². The zero-order valence-electron chi connectivity index (χ0n) is 36.3. The molecule has 0 aliphatic heterocycles. The summed E-state index contributed by atoms with van der Waals surface area (Å²) in [6, 6.07) is 40.1. The van der Waals surface area contributed by atoms with Crippen LogP contribution in [-0.4, -0.2) is 14.5 Å². The average Bonchev–Trinajstić information content (AvgIpc) is 3.88. The first-order valence-corrected chi connectivity index (χ1v) is 21.5. The SMILES string of the molecule is C=C/C=C\C(=C/C)c1cc(/C(C=C)=C/C=C\C)nc(-n2c3ccccc3c3c4c(ccc32)-c2c(ccc3c2-c2ccccc2C3(C)C)C4(C(=C)/C=C\C=C/C)c2ccccc2)n1. The molecule has 62 heavy (non-hydrogen) atoms. The number of nitrogens with zero attached hydrogens (tertiary/aromatic N) is 3. The molecule has 5 aromatic carbocycles. The van der Waals surface area contributed by atoms with E-state index in [1.165, 1.54) is 50.1 Å². The van der Waals surface area contributed by atoms with Gasteiger partial charge in [0.25, 0.3) is 0 Å². The first-order valence-electron chi connectivity index (χ1n) is 21.5. The van der Waals surface area contributed by atoms with Crippen molar-refractivity contribution < 1.29 is 0 Å². The molecule has 0 N–H and O–H groups in total. The van der Waals surface area contributed by atoms with E-state index in [9.17, 15) is 0 Å². The van der Waals surface area contributed by atoms with Crippen LogP contribution in [0.2, 0.25) is 0 Å². The summed E-state index contributed by atoms with van der Waals surface area (Å²) in [6.07, 6.45) is 24.3. The topological polar surface area (TPSA) is 30.7 Å². The van der Waals surface area contributed by atoms with Gasteiger partial charge in [0.15, 0.2) is 0 Å². The predicted molar refractivity (Wildman–Crippen MR) is 265 cm³/mol. The van der Waals surface area contributed by atoms with Crippen molar-refractivity contribution in [2.45, 2.75) is 45.4 Å². The highest BCUT2D eigenvalue weighted by Crippen LogP contribution is 2.64. The molecule has 9 rings (SSSR count). The van der Waals surface area contributed by atoms with Gasteiger partial charge in [0, 0.05) is 16.2 Å². The van der Waals surface area contributed by atoms with E-state index < -0.39 is 5.41 Å². The Kier molecular flexibility index (Phi) is 10.3. The standard InChI is InChI=1S/C59H51N3/c1-9-14-18-25-39(6)59(42-28-19-17-20-29-42)48-36-35-47-53(43-30-21-23-32-46(43)58(47,7)8)54(48)45-34-37-52-55(56(45)59)44-31-22-24-33-51(44)62(52)57-60-49(40(12-4)26-15-10-2)38-50(61-57)41(13-5)27-16-11-3/h9-38H,2,5-6H2,1,3-4,7-8H3/b14-9-,16-11-,25-18-,26-15-,40-12+,41-27+. The van der Waals surface area contributed by atoms with E-state index in [0.717, 1.165) is 49.9 Å². The molecule has 302 valence electrons. The summed E-state index contributed by atoms with van der Waals surface area (Å²) >= 11 is 0. The fraction of sp³-hybridized carbons (Fsp3) is 0.119. The number of aromatic nitrogens is 3. The molecule has 2 aliphatic rings. The molecule has 0 amide bonds. The lowest BCUT2D eigenvalue weighted by molar-refractivity contribution is 0.659. The lowest BCUT2D eigenvalue weighted by atomic mass is 9.66. The first kappa shape index (κ1) is 40.1. The minimum Gasteiger partial charge on any atom is -0.278 e. The van der Waals surface area contributed by atoms with Crippen LogP contribution in [0.5, 0.6) is 0 Å². The molecule has 0 radical (unpaired) electrons. The molecule has 0 saturated heterocycles. The number of benzene rings is 5. The van der Waals surface area contributed by atoms with Crippen LogP contribution in [0, 0.1) is 0 Å². The van der Waals surface area contributed by atoms with Crippen LogP contribution in [0.25, 0.3) is 61.2 Å². The van der Waals surface area contributed by atoms with Gasteiger partial charge >= 0.3 is 0 Å². The second-order valence-electron chi connectivity index (χ2n) is 16.5. The molecule has 0 bridgehead atoms. The van der Waals surface area contributed by atoms with Gasteiger partial charge in [-0.1, -0.05) is 197 Å². The molecule has 1 unspecified atom stereocenters. The molecule has 0 fully saturated rings. The number of hydrogen-bond acceptors (Lipinski definition) is 2. The fourth-order valence-electron chi connectivity index (χ4n) is 10.1. The third-order valence-corrected chi connectivity index (χ3v) is 12.8. The second kappa shape index (κ2) is 15.9. The molecular formula is C59H51N3. The highest BCUT2D eigenvalue weighted by atomic mass is 15.2. The van der Waals surface area contributed by atoms with E-state index in [-0.39, 0.29) is 5.41 Å². The molecule has 1 atom stereocenters. The van der Waals surface area contributed by atoms with Crippen molar-refractivity contribution in [1.29, 1.82) is 0 Å². The van der Waals surface area contributed by atoms with Gasteiger partial charge in [-0.05, 0) is 106 Å². The van der Waals surface area contributed by atoms with Gasteiger partial charge in [-0.3, -0.25) is 4.57 Å². The molecule has 0 saturated carbocycles. The number of allylic oxidation sites excluding steroid dienone is 15. The number of hydrogen-bond donors (Lipinski definition) is 0. The van der Waals surface area contributed by atoms with Crippen LogP contribution in [0.4, 0.5) is 0 Å². The zero-order valence-corrected chi connectivity index (χ0v) is 36.3. The molecule has 2 aromatic heterocycles. The van der Waals surface area contributed by atoms with Crippen molar-refractivity contribution in [3.63, 3.8) is 0 Å². The van der Waals surface area contributed by atoms with E-state index in [2.05, 4.69) is 165 Å². The number of para-hydroxylation sites is 1. The van der Waals surface area contributed by atoms with Crippen LogP contribution < -0.4 is 0 Å². The second-order valence-corrected chi connectivity index (χ2v) is 16.5. The van der Waals surface area contributed by atoms with Crippen LogP contribution in [0.1, 0.15) is 73.8 Å². The number of fused-ring (bicyclic) bond motifs is 11. The Morgan fingerprint density at radius 2 is 1.32 bits per heavy atom. The van der Waals surface area contributed by atoms with E-state index in [0.29, 0.717) is 5.95 Å². The van der Waals surface area contributed by atoms with Crippen molar-refractivity contribution in [3.8, 4) is 28.2 Å². The molecule has 2 heterocycles. The molecule has 0 spiro atoms. The van der Waals surface area contributed by atoms with Gasteiger partial charge in [0.2, 0.25) is 5.95 Å². The van der Waals surface area contributed by atoms with Crippen LogP contribution in [0.3, 0.4) is 0 Å². The monoisotopic (exact) mass is 801 g/mol. The van der Waals surface area contributed by atoms with E-state index in [4.69, 9.17) is 16.5 Å². The lowest BCUT2D eigenvalue weighted by Crippen LogP contribution is -2.29. The lowest BCUT2D eigenvalue weighted by Gasteiger charge is -2.35. The van der Waals surface area contributed by atoms with Gasteiger partial charge in [0.05, 0.1) is 27.8 Å². The normalized spacial score (nSPS) is 16.8. The molecule has 2 aliphatic carbocycles. The van der Waals surface area contributed by atoms with E-state index in [1.54, 1.807) is 6.08 Å². The Balaban J connectivity index is 1.47. The summed E-state index contributed by atoms with van der Waals surface area (Å²) in [5.41, 5.74) is 17.0. The third kappa shape index (κ3) is 5.95. The minimum absolute atomic E-state index is 0.166. The maximum absolute atomic E-state index is 5.38. The van der Waals surface area contributed by atoms with E-state index >= 15 is 0 Å². The summed E-state index contributed by atoms with van der Waals surface area (Å²) in [6.45, 7) is 23.9. The molecular weight excluding hydrogens is 751 g/mol. The van der Waals surface area contributed by atoms with Crippen molar-refractivity contribution in [1.82, 2.24) is 14.5 Å². The van der Waals surface area contributed by atoms with Gasteiger partial charge < -0.3 is 0 Å². The Morgan fingerprint density at radius 1 is 0.629 bits per heavy atom. The maximum Gasteiger partial charge on any atom is 0.235 e. The molecule has 3 heteroatoms. The fourth-order valence-corrected chi connectivity index (χ4v) is 10.1. The largest absolute Gasteiger partial charge is 0.278 e. The Labute approximate surface area is 366 Å². The Hall–Kier alpha value is -7.36. The summed E-state index contributed by atoms with van der Waals surface area (Å²) < 4.78 is 2.25. The van der Waals surface area contributed by atoms with Gasteiger partial charge in [-0.15, -0.1) is 0 Å². The van der Waals surface area contributed by atoms with Crippen molar-refractivity contribution in [3.05, 3.63) is 247 Å². The van der Waals surface area contributed by atoms with Crippen molar-refractivity contribution in [2.24, 2.45) is 0 Å². The summed E-state index contributed by atoms with van der Waals surface area (Å²) in [5, 5.41) is 2.27. The molecule has 3 nitrogen and oxygen atoms in total. The maximum atomic E-state index is 5.38. The predicted octanol–water partition coefficient (Wildman–Crippen LogP) is 15.2. The van der Waals surface area contributed by atoms with Gasteiger partial charge in [0.1, 0.15) is 0 Å². The smallest absolute Gasteiger partial charge is 0.235 e. The Morgan fingerprint density at radius 3 is 2.06 bits per heavy atom. The number of rotatable bonds is 11. The summed E-state index contributed by atoms with van der Waals surface area (Å²) in [4.78, 5) is 10.7. The summed E-state index contributed by atoms with van der Waals surface area (Å²) in [7, 11) is 0. The van der Waals surface area contributed by atoms with Gasteiger partial charge in [-0.2, -0.15) is 0 Å². The highest BCUT2D eigenvalue weighted by Gasteiger charge is 2.51. The quantitative estimate of drug-likeness (QED) is 0.122. The first-order chi connectivity index (χ1) is 30.3. The summed E-state index contributed by atoms with van der Waals surface area (Å²) in [5.74, 6) is 0.576. The Bertz CT molecular complexity index is 3170.